The molecule has 0 bridgehead atoms. The van der Waals surface area contributed by atoms with Gasteiger partial charge in [-0.2, -0.15) is 0 Å². The van der Waals surface area contributed by atoms with Crippen LogP contribution >= 0.6 is 0 Å². The molecule has 4 heteroatoms. The van der Waals surface area contributed by atoms with Gasteiger partial charge < -0.3 is 9.80 Å². The first-order chi connectivity index (χ1) is 19.9. The normalized spacial score (nSPS) is 12.1. The highest BCUT2D eigenvalue weighted by Crippen LogP contribution is 2.21. The first kappa shape index (κ1) is 40.9. The van der Waals surface area contributed by atoms with Crippen LogP contribution < -0.4 is 0 Å². The maximum atomic E-state index is 13.3. The predicted molar refractivity (Wildman–Crippen MR) is 185 cm³/mol. The first-order valence-electron chi connectivity index (χ1n) is 18.6. The second kappa shape index (κ2) is 25.3. The van der Waals surface area contributed by atoms with Gasteiger partial charge in [-0.25, -0.2) is 0 Å². The lowest BCUT2D eigenvalue weighted by Crippen LogP contribution is -2.53. The van der Waals surface area contributed by atoms with Gasteiger partial charge in [-0.05, 0) is 54.4 Å². The Morgan fingerprint density at radius 2 is 0.595 bits per heavy atom. The van der Waals surface area contributed by atoms with E-state index in [1.807, 2.05) is 9.80 Å². The summed E-state index contributed by atoms with van der Waals surface area (Å²) in [6, 6.07) is 0. The Morgan fingerprint density at radius 1 is 0.381 bits per heavy atom. The average Bonchev–Trinajstić information content (AvgIpc) is 2.91. The van der Waals surface area contributed by atoms with Crippen molar-refractivity contribution in [2.75, 3.05) is 13.1 Å². The summed E-state index contributed by atoms with van der Waals surface area (Å²) in [6.07, 6.45) is 29.7. The van der Waals surface area contributed by atoms with Crippen molar-refractivity contribution in [2.45, 2.75) is 221 Å². The number of amides is 2. The molecular weight excluding hydrogens is 516 g/mol. The standard InChI is InChI=1S/C38H76N2O2/c1-9-11-13-15-17-19-21-23-25-27-29-31-35(41)39(37(3,4)5)33-34-40(38(6,7)8)36(42)32-30-28-26-24-22-20-18-16-14-12-10-2/h9-34H2,1-8H3. The molecule has 0 spiro atoms. The maximum Gasteiger partial charge on any atom is 0.223 e. The van der Waals surface area contributed by atoms with E-state index in [1.54, 1.807) is 0 Å². The molecule has 0 aromatic carbocycles. The van der Waals surface area contributed by atoms with E-state index < -0.39 is 0 Å². The van der Waals surface area contributed by atoms with E-state index in [1.165, 1.54) is 116 Å². The molecule has 0 aliphatic rings. The Labute approximate surface area is 264 Å². The molecule has 250 valence electrons. The van der Waals surface area contributed by atoms with Crippen molar-refractivity contribution in [1.29, 1.82) is 0 Å². The van der Waals surface area contributed by atoms with E-state index in [9.17, 15) is 9.59 Å². The number of hydrogen-bond donors (Lipinski definition) is 0. The van der Waals surface area contributed by atoms with Crippen LogP contribution in [-0.4, -0.2) is 45.8 Å². The van der Waals surface area contributed by atoms with Crippen LogP contribution in [0.15, 0.2) is 0 Å². The van der Waals surface area contributed by atoms with Gasteiger partial charge in [0.25, 0.3) is 0 Å². The van der Waals surface area contributed by atoms with Crippen LogP contribution in [0.5, 0.6) is 0 Å². The van der Waals surface area contributed by atoms with Gasteiger partial charge in [-0.3, -0.25) is 9.59 Å². The molecule has 0 aromatic rings. The lowest BCUT2D eigenvalue weighted by Gasteiger charge is -2.41. The van der Waals surface area contributed by atoms with Gasteiger partial charge in [0, 0.05) is 37.0 Å². The Hall–Kier alpha value is -1.06. The number of unbranched alkanes of at least 4 members (excludes halogenated alkanes) is 20. The molecule has 4 nitrogen and oxygen atoms in total. The highest BCUT2D eigenvalue weighted by molar-refractivity contribution is 5.78. The van der Waals surface area contributed by atoms with E-state index in [0.29, 0.717) is 25.9 Å². The van der Waals surface area contributed by atoms with Crippen LogP contribution in [0.4, 0.5) is 0 Å². The van der Waals surface area contributed by atoms with E-state index >= 15 is 0 Å². The van der Waals surface area contributed by atoms with E-state index in [2.05, 4.69) is 55.4 Å². The molecule has 0 N–H and O–H groups in total. The molecular formula is C38H76N2O2. The van der Waals surface area contributed by atoms with Gasteiger partial charge in [-0.15, -0.1) is 0 Å². The molecule has 0 fully saturated rings. The summed E-state index contributed by atoms with van der Waals surface area (Å²) in [4.78, 5) is 30.6. The van der Waals surface area contributed by atoms with Crippen molar-refractivity contribution in [2.24, 2.45) is 0 Å². The van der Waals surface area contributed by atoms with E-state index in [4.69, 9.17) is 0 Å². The molecule has 0 aliphatic heterocycles. The molecule has 0 saturated carbocycles. The molecule has 0 atom stereocenters. The summed E-state index contributed by atoms with van der Waals surface area (Å²) in [5, 5.41) is 0. The van der Waals surface area contributed by atoms with Gasteiger partial charge in [0.15, 0.2) is 0 Å². The van der Waals surface area contributed by atoms with E-state index in [-0.39, 0.29) is 22.9 Å². The first-order valence-corrected chi connectivity index (χ1v) is 18.6. The molecule has 0 saturated heterocycles. The summed E-state index contributed by atoms with van der Waals surface area (Å²) >= 11 is 0. The molecule has 0 rings (SSSR count). The van der Waals surface area contributed by atoms with Crippen LogP contribution in [0, 0.1) is 0 Å². The molecule has 0 unspecified atom stereocenters. The van der Waals surface area contributed by atoms with E-state index in [0.717, 1.165) is 25.7 Å². The summed E-state index contributed by atoms with van der Waals surface area (Å²) in [5.41, 5.74) is -0.477. The van der Waals surface area contributed by atoms with Crippen molar-refractivity contribution in [3.8, 4) is 0 Å². The number of carbonyl (C=O) groups is 2. The van der Waals surface area contributed by atoms with Crippen molar-refractivity contribution in [1.82, 2.24) is 9.80 Å². The second-order valence-electron chi connectivity index (χ2n) is 15.0. The Kier molecular flexibility index (Phi) is 24.6. The van der Waals surface area contributed by atoms with Crippen LogP contribution in [0.2, 0.25) is 0 Å². The third-order valence-corrected chi connectivity index (χ3v) is 8.76. The summed E-state index contributed by atoms with van der Waals surface area (Å²) in [7, 11) is 0. The van der Waals surface area contributed by atoms with Crippen LogP contribution in [0.25, 0.3) is 0 Å². The van der Waals surface area contributed by atoms with Gasteiger partial charge in [0.05, 0.1) is 0 Å². The third-order valence-electron chi connectivity index (χ3n) is 8.76. The Morgan fingerprint density at radius 3 is 0.810 bits per heavy atom. The second-order valence-corrected chi connectivity index (χ2v) is 15.0. The fourth-order valence-electron chi connectivity index (χ4n) is 6.02. The van der Waals surface area contributed by atoms with Crippen LogP contribution in [0.1, 0.15) is 209 Å². The van der Waals surface area contributed by atoms with Crippen molar-refractivity contribution < 1.29 is 9.59 Å². The third kappa shape index (κ3) is 22.5. The minimum atomic E-state index is -0.239. The molecule has 0 radical (unpaired) electrons. The fraction of sp³-hybridized carbons (Fsp3) is 0.947. The van der Waals surface area contributed by atoms with Crippen LogP contribution in [0.3, 0.4) is 0 Å². The quantitative estimate of drug-likeness (QED) is 0.0890. The van der Waals surface area contributed by atoms with Gasteiger partial charge >= 0.3 is 0 Å². The molecule has 2 amide bonds. The molecule has 0 aromatic heterocycles. The van der Waals surface area contributed by atoms with Gasteiger partial charge in [0.1, 0.15) is 0 Å². The van der Waals surface area contributed by atoms with Crippen molar-refractivity contribution in [3.05, 3.63) is 0 Å². The summed E-state index contributed by atoms with van der Waals surface area (Å²) in [5.74, 6) is 0.482. The lowest BCUT2D eigenvalue weighted by molar-refractivity contribution is -0.141. The highest BCUT2D eigenvalue weighted by atomic mass is 16.2. The highest BCUT2D eigenvalue weighted by Gasteiger charge is 2.30. The topological polar surface area (TPSA) is 40.6 Å². The zero-order valence-electron chi connectivity index (χ0n) is 30.1. The van der Waals surface area contributed by atoms with Crippen LogP contribution in [-0.2, 0) is 9.59 Å². The SMILES string of the molecule is CCCCCCCCCCCCCC(=O)N(CCN(C(=O)CCCCCCCCCCCCC)C(C)(C)C)C(C)(C)C. The smallest absolute Gasteiger partial charge is 0.223 e. The zero-order valence-corrected chi connectivity index (χ0v) is 30.1. The minimum Gasteiger partial charge on any atom is -0.336 e. The average molecular weight is 593 g/mol. The number of carbonyl (C=O) groups excluding carboxylic acids is 2. The van der Waals surface area contributed by atoms with Gasteiger partial charge in [-0.1, -0.05) is 142 Å². The van der Waals surface area contributed by atoms with Gasteiger partial charge in [0.2, 0.25) is 11.8 Å². The molecule has 0 heterocycles. The van der Waals surface area contributed by atoms with Crippen molar-refractivity contribution in [3.63, 3.8) is 0 Å². The molecule has 0 aliphatic carbocycles. The largest absolute Gasteiger partial charge is 0.336 e. The number of nitrogens with zero attached hydrogens (tertiary/aromatic N) is 2. The Bertz CT molecular complexity index is 590. The molecule has 42 heavy (non-hydrogen) atoms. The maximum absolute atomic E-state index is 13.3. The predicted octanol–water partition coefficient (Wildman–Crippen LogP) is 11.6. The zero-order chi connectivity index (χ0) is 31.7. The minimum absolute atomic E-state index is 0.239. The summed E-state index contributed by atoms with van der Waals surface area (Å²) in [6.45, 7) is 18.5. The number of rotatable bonds is 27. The fourth-order valence-corrected chi connectivity index (χ4v) is 6.02. The van der Waals surface area contributed by atoms with Crippen molar-refractivity contribution >= 4 is 11.8 Å². The summed E-state index contributed by atoms with van der Waals surface area (Å²) < 4.78 is 0. The number of hydrogen-bond acceptors (Lipinski definition) is 2. The monoisotopic (exact) mass is 593 g/mol. The lowest BCUT2D eigenvalue weighted by atomic mass is 10.0. The Balaban J connectivity index is 4.42.